The van der Waals surface area contributed by atoms with Gasteiger partial charge in [0.1, 0.15) is 5.82 Å². The van der Waals surface area contributed by atoms with E-state index < -0.39 is 5.97 Å². The molecule has 1 aliphatic heterocycles. The van der Waals surface area contributed by atoms with E-state index in [1.807, 2.05) is 0 Å². The van der Waals surface area contributed by atoms with Crippen molar-refractivity contribution < 1.29 is 14.6 Å². The van der Waals surface area contributed by atoms with Crippen LogP contribution in [0.25, 0.3) is 0 Å². The Morgan fingerprint density at radius 2 is 2.16 bits per heavy atom. The van der Waals surface area contributed by atoms with E-state index in [4.69, 9.17) is 9.84 Å². The van der Waals surface area contributed by atoms with Crippen LogP contribution in [0.2, 0.25) is 0 Å². The molecule has 0 atom stereocenters. The van der Waals surface area contributed by atoms with Gasteiger partial charge in [0.05, 0.1) is 11.3 Å². The average molecular weight is 264 g/mol. The molecule has 2 rings (SSSR count). The van der Waals surface area contributed by atoms with E-state index in [0.29, 0.717) is 11.6 Å². The number of carboxylic acids is 1. The molecule has 0 bridgehead atoms. The first-order valence-corrected chi connectivity index (χ1v) is 6.56. The quantitative estimate of drug-likeness (QED) is 0.900. The monoisotopic (exact) mass is 264 g/mol. The van der Waals surface area contributed by atoms with Crippen molar-refractivity contribution in [3.05, 3.63) is 23.4 Å². The van der Waals surface area contributed by atoms with E-state index in [1.54, 1.807) is 26.2 Å². The van der Waals surface area contributed by atoms with Gasteiger partial charge in [0, 0.05) is 26.8 Å². The third kappa shape index (κ3) is 3.23. The van der Waals surface area contributed by atoms with Crippen LogP contribution in [-0.4, -0.2) is 42.9 Å². The summed E-state index contributed by atoms with van der Waals surface area (Å²) in [6.07, 6.45) is 2.19. The predicted molar refractivity (Wildman–Crippen MR) is 72.7 cm³/mol. The van der Waals surface area contributed by atoms with Crippen LogP contribution in [0.3, 0.4) is 0 Å². The van der Waals surface area contributed by atoms with Crippen LogP contribution in [-0.2, 0) is 4.74 Å². The van der Waals surface area contributed by atoms with Crippen molar-refractivity contribution in [2.45, 2.75) is 19.8 Å². The molecule has 1 aromatic rings. The van der Waals surface area contributed by atoms with Crippen LogP contribution < -0.4 is 4.90 Å². The first-order valence-electron chi connectivity index (χ1n) is 6.56. The minimum Gasteiger partial charge on any atom is -0.478 e. The van der Waals surface area contributed by atoms with Gasteiger partial charge in [0.15, 0.2) is 0 Å². The molecular formula is C14H20N2O3. The highest BCUT2D eigenvalue weighted by atomic mass is 16.5. The van der Waals surface area contributed by atoms with Crippen LogP contribution in [0.4, 0.5) is 5.82 Å². The summed E-state index contributed by atoms with van der Waals surface area (Å²) in [4.78, 5) is 17.6. The van der Waals surface area contributed by atoms with Gasteiger partial charge in [-0.25, -0.2) is 9.78 Å². The number of hydrogen-bond acceptors (Lipinski definition) is 4. The molecule has 1 aliphatic rings. The number of methoxy groups -OCH3 is 1. The highest BCUT2D eigenvalue weighted by molar-refractivity contribution is 5.89. The summed E-state index contributed by atoms with van der Waals surface area (Å²) in [5.41, 5.74) is 0.849. The van der Waals surface area contributed by atoms with E-state index in [0.717, 1.165) is 38.4 Å². The Kier molecular flexibility index (Phi) is 4.37. The number of carboxylic acid groups (broad SMARTS) is 1. The van der Waals surface area contributed by atoms with Gasteiger partial charge >= 0.3 is 5.97 Å². The average Bonchev–Trinajstić information content (AvgIpc) is 2.39. The maximum Gasteiger partial charge on any atom is 0.337 e. The number of rotatable bonds is 4. The van der Waals surface area contributed by atoms with E-state index >= 15 is 0 Å². The molecular weight excluding hydrogens is 244 g/mol. The van der Waals surface area contributed by atoms with Gasteiger partial charge in [-0.05, 0) is 37.8 Å². The van der Waals surface area contributed by atoms with Crippen molar-refractivity contribution >= 4 is 11.8 Å². The zero-order valence-electron chi connectivity index (χ0n) is 11.4. The van der Waals surface area contributed by atoms with Gasteiger partial charge in [-0.3, -0.25) is 0 Å². The molecule has 5 heteroatoms. The molecule has 1 fully saturated rings. The zero-order chi connectivity index (χ0) is 13.8. The summed E-state index contributed by atoms with van der Waals surface area (Å²) in [5, 5.41) is 8.99. The van der Waals surface area contributed by atoms with Gasteiger partial charge in [-0.15, -0.1) is 0 Å². The van der Waals surface area contributed by atoms with E-state index in [1.165, 1.54) is 0 Å². The number of aromatic carboxylic acids is 1. The van der Waals surface area contributed by atoms with Crippen molar-refractivity contribution in [3.8, 4) is 0 Å². The fourth-order valence-corrected chi connectivity index (χ4v) is 2.51. The zero-order valence-corrected chi connectivity index (χ0v) is 11.4. The minimum absolute atomic E-state index is 0.276. The Morgan fingerprint density at radius 3 is 2.68 bits per heavy atom. The Bertz CT molecular complexity index is 454. The molecule has 0 radical (unpaired) electrons. The van der Waals surface area contributed by atoms with Gasteiger partial charge in [-0.2, -0.15) is 0 Å². The molecule has 1 aromatic heterocycles. The number of piperidine rings is 1. The van der Waals surface area contributed by atoms with Crippen LogP contribution in [0, 0.1) is 12.8 Å². The van der Waals surface area contributed by atoms with Crippen molar-refractivity contribution in [3.63, 3.8) is 0 Å². The van der Waals surface area contributed by atoms with Gasteiger partial charge in [0.2, 0.25) is 0 Å². The normalized spacial score (nSPS) is 16.6. The number of aryl methyl sites for hydroxylation is 1. The van der Waals surface area contributed by atoms with Crippen molar-refractivity contribution in [1.82, 2.24) is 4.98 Å². The van der Waals surface area contributed by atoms with Gasteiger partial charge in [-0.1, -0.05) is 0 Å². The molecule has 104 valence electrons. The minimum atomic E-state index is -0.921. The first-order chi connectivity index (χ1) is 9.11. The molecule has 0 unspecified atom stereocenters. The first kappa shape index (κ1) is 13.8. The number of carbonyl (C=O) groups is 1. The maximum atomic E-state index is 11.0. The number of aromatic nitrogens is 1. The molecule has 0 spiro atoms. The highest BCUT2D eigenvalue weighted by Crippen LogP contribution is 2.23. The summed E-state index contributed by atoms with van der Waals surface area (Å²) in [6.45, 7) is 4.46. The van der Waals surface area contributed by atoms with Crippen LogP contribution in [0.1, 0.15) is 28.9 Å². The van der Waals surface area contributed by atoms with Crippen molar-refractivity contribution in [2.75, 3.05) is 31.7 Å². The Hall–Kier alpha value is -1.62. The van der Waals surface area contributed by atoms with Crippen molar-refractivity contribution in [2.24, 2.45) is 5.92 Å². The van der Waals surface area contributed by atoms with E-state index in [-0.39, 0.29) is 5.56 Å². The summed E-state index contributed by atoms with van der Waals surface area (Å²) < 4.78 is 5.18. The largest absolute Gasteiger partial charge is 0.478 e. The highest BCUT2D eigenvalue weighted by Gasteiger charge is 2.20. The Morgan fingerprint density at radius 1 is 1.47 bits per heavy atom. The summed E-state index contributed by atoms with van der Waals surface area (Å²) in [7, 11) is 1.74. The van der Waals surface area contributed by atoms with Gasteiger partial charge < -0.3 is 14.7 Å². The van der Waals surface area contributed by atoms with Crippen LogP contribution in [0.5, 0.6) is 0 Å². The standard InChI is InChI=1S/C14H20N2O3/c1-10-12(14(17)18)3-4-13(15-10)16-7-5-11(6-8-16)9-19-2/h3-4,11H,5-9H2,1-2H3,(H,17,18). The third-order valence-electron chi connectivity index (χ3n) is 3.64. The Labute approximate surface area is 113 Å². The molecule has 0 aromatic carbocycles. The molecule has 0 amide bonds. The van der Waals surface area contributed by atoms with Crippen molar-refractivity contribution in [1.29, 1.82) is 0 Å². The topological polar surface area (TPSA) is 62.7 Å². The molecule has 19 heavy (non-hydrogen) atoms. The molecule has 2 heterocycles. The fourth-order valence-electron chi connectivity index (χ4n) is 2.51. The molecule has 1 N–H and O–H groups in total. The van der Waals surface area contributed by atoms with E-state index in [2.05, 4.69) is 9.88 Å². The van der Waals surface area contributed by atoms with Crippen LogP contribution >= 0.6 is 0 Å². The Balaban J connectivity index is 2.04. The number of pyridine rings is 1. The molecule has 1 saturated heterocycles. The summed E-state index contributed by atoms with van der Waals surface area (Å²) >= 11 is 0. The lowest BCUT2D eigenvalue weighted by Crippen LogP contribution is -2.35. The number of anilines is 1. The lowest BCUT2D eigenvalue weighted by atomic mass is 9.98. The summed E-state index contributed by atoms with van der Waals surface area (Å²) in [5.74, 6) is 0.578. The second-order valence-electron chi connectivity index (χ2n) is 4.99. The second-order valence-corrected chi connectivity index (χ2v) is 4.99. The van der Waals surface area contributed by atoms with Crippen LogP contribution in [0.15, 0.2) is 12.1 Å². The van der Waals surface area contributed by atoms with E-state index in [9.17, 15) is 4.79 Å². The predicted octanol–water partition coefficient (Wildman–Crippen LogP) is 1.95. The smallest absolute Gasteiger partial charge is 0.337 e. The fraction of sp³-hybridized carbons (Fsp3) is 0.571. The SMILES string of the molecule is COCC1CCN(c2ccc(C(=O)O)c(C)n2)CC1. The number of ether oxygens (including phenoxy) is 1. The maximum absolute atomic E-state index is 11.0. The summed E-state index contributed by atoms with van der Waals surface area (Å²) in [6, 6.07) is 3.44. The molecule has 0 aliphatic carbocycles. The lowest BCUT2D eigenvalue weighted by molar-refractivity contribution is 0.0695. The van der Waals surface area contributed by atoms with Gasteiger partial charge in [0.25, 0.3) is 0 Å². The number of hydrogen-bond donors (Lipinski definition) is 1. The second kappa shape index (κ2) is 6.02. The lowest BCUT2D eigenvalue weighted by Gasteiger charge is -2.32. The molecule has 0 saturated carbocycles. The third-order valence-corrected chi connectivity index (χ3v) is 3.64. The number of nitrogens with zero attached hydrogens (tertiary/aromatic N) is 2. The molecule has 5 nitrogen and oxygen atoms in total.